The fraction of sp³-hybridized carbons (Fsp3) is 0.273. The van der Waals surface area contributed by atoms with Gasteiger partial charge >= 0.3 is 0 Å². The van der Waals surface area contributed by atoms with Gasteiger partial charge in [0.25, 0.3) is 0 Å². The molecule has 4 nitrogen and oxygen atoms in total. The standard InChI is InChI=1S/C11H14N4/c1-8-3-9(2)5-10(4-8)15-11(6-12)7-13-14-15/h3-5,7H,6,12H2,1-2H3. The summed E-state index contributed by atoms with van der Waals surface area (Å²) in [4.78, 5) is 0. The minimum Gasteiger partial charge on any atom is -0.325 e. The van der Waals surface area contributed by atoms with Gasteiger partial charge in [-0.3, -0.25) is 0 Å². The van der Waals surface area contributed by atoms with Gasteiger partial charge in [-0.25, -0.2) is 4.68 Å². The molecular weight excluding hydrogens is 188 g/mol. The number of hydrogen-bond acceptors (Lipinski definition) is 3. The Hall–Kier alpha value is -1.68. The summed E-state index contributed by atoms with van der Waals surface area (Å²) >= 11 is 0. The Balaban J connectivity index is 2.53. The van der Waals surface area contributed by atoms with E-state index >= 15 is 0 Å². The molecule has 0 atom stereocenters. The molecule has 1 aromatic carbocycles. The predicted molar refractivity (Wildman–Crippen MR) is 58.7 cm³/mol. The Morgan fingerprint density at radius 2 is 1.87 bits per heavy atom. The Kier molecular flexibility index (Phi) is 2.51. The molecule has 0 bridgehead atoms. The second-order valence-electron chi connectivity index (χ2n) is 3.69. The monoisotopic (exact) mass is 202 g/mol. The van der Waals surface area contributed by atoms with Gasteiger partial charge in [-0.2, -0.15) is 0 Å². The molecule has 0 fully saturated rings. The average molecular weight is 202 g/mol. The maximum absolute atomic E-state index is 5.61. The lowest BCUT2D eigenvalue weighted by Crippen LogP contribution is -2.07. The van der Waals surface area contributed by atoms with Crippen LogP contribution in [0.5, 0.6) is 0 Å². The molecule has 0 aliphatic heterocycles. The van der Waals surface area contributed by atoms with Gasteiger partial charge < -0.3 is 5.73 Å². The molecule has 0 saturated carbocycles. The topological polar surface area (TPSA) is 56.7 Å². The van der Waals surface area contributed by atoms with Crippen LogP contribution in [0.2, 0.25) is 0 Å². The maximum atomic E-state index is 5.61. The van der Waals surface area contributed by atoms with Crippen molar-refractivity contribution in [3.8, 4) is 5.69 Å². The SMILES string of the molecule is Cc1cc(C)cc(-n2nncc2CN)c1. The lowest BCUT2D eigenvalue weighted by Gasteiger charge is -2.06. The first-order valence-electron chi connectivity index (χ1n) is 4.89. The fourth-order valence-corrected chi connectivity index (χ4v) is 1.69. The van der Waals surface area contributed by atoms with Gasteiger partial charge in [0.05, 0.1) is 17.6 Å². The highest BCUT2D eigenvalue weighted by atomic mass is 15.4. The van der Waals surface area contributed by atoms with Crippen LogP contribution in [0.3, 0.4) is 0 Å². The molecule has 4 heteroatoms. The van der Waals surface area contributed by atoms with Crippen molar-refractivity contribution in [2.24, 2.45) is 5.73 Å². The molecule has 0 unspecified atom stereocenters. The Labute approximate surface area is 88.7 Å². The van der Waals surface area contributed by atoms with Crippen molar-refractivity contribution in [1.29, 1.82) is 0 Å². The van der Waals surface area contributed by atoms with E-state index in [2.05, 4.69) is 42.4 Å². The quantitative estimate of drug-likeness (QED) is 0.799. The van der Waals surface area contributed by atoms with Crippen LogP contribution in [-0.4, -0.2) is 15.0 Å². The maximum Gasteiger partial charge on any atom is 0.0781 e. The first kappa shape index (κ1) is 9.86. The van der Waals surface area contributed by atoms with Crippen molar-refractivity contribution in [3.05, 3.63) is 41.2 Å². The number of hydrogen-bond donors (Lipinski definition) is 1. The van der Waals surface area contributed by atoms with Gasteiger partial charge in [0.2, 0.25) is 0 Å². The van der Waals surface area contributed by atoms with E-state index in [0.717, 1.165) is 11.4 Å². The molecule has 0 spiro atoms. The summed E-state index contributed by atoms with van der Waals surface area (Å²) in [6.07, 6.45) is 1.69. The van der Waals surface area contributed by atoms with Gasteiger partial charge in [-0.15, -0.1) is 5.10 Å². The second kappa shape index (κ2) is 3.82. The number of nitrogens with two attached hydrogens (primary N) is 1. The van der Waals surface area contributed by atoms with Crippen molar-refractivity contribution in [3.63, 3.8) is 0 Å². The van der Waals surface area contributed by atoms with Crippen LogP contribution < -0.4 is 5.73 Å². The summed E-state index contributed by atoms with van der Waals surface area (Å²) in [5.41, 5.74) is 9.97. The predicted octanol–water partition coefficient (Wildman–Crippen LogP) is 1.34. The summed E-state index contributed by atoms with van der Waals surface area (Å²) in [5, 5.41) is 7.89. The van der Waals surface area contributed by atoms with Crippen LogP contribution in [0, 0.1) is 13.8 Å². The van der Waals surface area contributed by atoms with E-state index in [0.29, 0.717) is 6.54 Å². The molecule has 78 valence electrons. The van der Waals surface area contributed by atoms with Crippen molar-refractivity contribution in [2.45, 2.75) is 20.4 Å². The summed E-state index contributed by atoms with van der Waals surface area (Å²) in [6.45, 7) is 4.57. The van der Waals surface area contributed by atoms with E-state index < -0.39 is 0 Å². The lowest BCUT2D eigenvalue weighted by atomic mass is 10.1. The number of rotatable bonds is 2. The first-order valence-corrected chi connectivity index (χ1v) is 4.89. The van der Waals surface area contributed by atoms with Gasteiger partial charge in [0.15, 0.2) is 0 Å². The van der Waals surface area contributed by atoms with Crippen LogP contribution >= 0.6 is 0 Å². The summed E-state index contributed by atoms with van der Waals surface area (Å²) in [7, 11) is 0. The Morgan fingerprint density at radius 1 is 1.20 bits per heavy atom. The molecule has 15 heavy (non-hydrogen) atoms. The van der Waals surface area contributed by atoms with Gasteiger partial charge in [0.1, 0.15) is 0 Å². The number of aryl methyl sites for hydroxylation is 2. The van der Waals surface area contributed by atoms with E-state index in [1.165, 1.54) is 11.1 Å². The van der Waals surface area contributed by atoms with E-state index in [9.17, 15) is 0 Å². The molecule has 2 aromatic rings. The minimum absolute atomic E-state index is 0.444. The van der Waals surface area contributed by atoms with Crippen molar-refractivity contribution < 1.29 is 0 Å². The second-order valence-corrected chi connectivity index (χ2v) is 3.69. The van der Waals surface area contributed by atoms with Crippen LogP contribution in [0.15, 0.2) is 24.4 Å². The third-order valence-corrected chi connectivity index (χ3v) is 2.28. The van der Waals surface area contributed by atoms with Crippen LogP contribution in [0.4, 0.5) is 0 Å². The molecule has 0 saturated heterocycles. The van der Waals surface area contributed by atoms with Crippen LogP contribution in [0.1, 0.15) is 16.8 Å². The average Bonchev–Trinajstić information content (AvgIpc) is 2.63. The minimum atomic E-state index is 0.444. The van der Waals surface area contributed by atoms with Gasteiger partial charge in [-0.1, -0.05) is 11.3 Å². The zero-order chi connectivity index (χ0) is 10.8. The van der Waals surface area contributed by atoms with E-state index in [4.69, 9.17) is 5.73 Å². The van der Waals surface area contributed by atoms with Crippen LogP contribution in [-0.2, 0) is 6.54 Å². The van der Waals surface area contributed by atoms with E-state index in [-0.39, 0.29) is 0 Å². The van der Waals surface area contributed by atoms with Crippen molar-refractivity contribution in [2.75, 3.05) is 0 Å². The molecular formula is C11H14N4. The summed E-state index contributed by atoms with van der Waals surface area (Å²) in [6, 6.07) is 6.27. The van der Waals surface area contributed by atoms with Gasteiger partial charge in [-0.05, 0) is 37.1 Å². The largest absolute Gasteiger partial charge is 0.325 e. The van der Waals surface area contributed by atoms with Crippen molar-refractivity contribution >= 4 is 0 Å². The Morgan fingerprint density at radius 3 is 2.47 bits per heavy atom. The Bertz CT molecular complexity index is 453. The smallest absolute Gasteiger partial charge is 0.0781 e. The third-order valence-electron chi connectivity index (χ3n) is 2.28. The molecule has 0 aliphatic carbocycles. The fourth-order valence-electron chi connectivity index (χ4n) is 1.69. The zero-order valence-electron chi connectivity index (χ0n) is 8.94. The van der Waals surface area contributed by atoms with E-state index in [1.54, 1.807) is 10.9 Å². The molecule has 2 N–H and O–H groups in total. The number of nitrogens with zero attached hydrogens (tertiary/aromatic N) is 3. The first-order chi connectivity index (χ1) is 7.20. The lowest BCUT2D eigenvalue weighted by molar-refractivity contribution is 0.760. The number of benzene rings is 1. The third kappa shape index (κ3) is 1.89. The van der Waals surface area contributed by atoms with Crippen LogP contribution in [0.25, 0.3) is 5.69 Å². The summed E-state index contributed by atoms with van der Waals surface area (Å²) in [5.74, 6) is 0. The highest BCUT2D eigenvalue weighted by Gasteiger charge is 2.05. The molecule has 1 heterocycles. The highest BCUT2D eigenvalue weighted by molar-refractivity contribution is 5.39. The normalized spacial score (nSPS) is 10.6. The highest BCUT2D eigenvalue weighted by Crippen LogP contribution is 2.13. The zero-order valence-corrected chi connectivity index (χ0v) is 8.94. The van der Waals surface area contributed by atoms with E-state index in [1.807, 2.05) is 0 Å². The molecule has 0 aliphatic rings. The molecule has 2 rings (SSSR count). The molecule has 0 radical (unpaired) electrons. The molecule has 1 aromatic heterocycles. The van der Waals surface area contributed by atoms with Crippen molar-refractivity contribution in [1.82, 2.24) is 15.0 Å². The molecule has 0 amide bonds. The van der Waals surface area contributed by atoms with Gasteiger partial charge in [0, 0.05) is 6.54 Å². The summed E-state index contributed by atoms with van der Waals surface area (Å²) < 4.78 is 1.78. The number of aromatic nitrogens is 3.